The Morgan fingerprint density at radius 1 is 1.26 bits per heavy atom. The van der Waals surface area contributed by atoms with Gasteiger partial charge in [0.25, 0.3) is 0 Å². The van der Waals surface area contributed by atoms with Crippen molar-refractivity contribution in [2.24, 2.45) is 0 Å². The summed E-state index contributed by atoms with van der Waals surface area (Å²) >= 11 is 0. The normalized spacial score (nSPS) is 16.8. The van der Waals surface area contributed by atoms with Gasteiger partial charge in [0.15, 0.2) is 0 Å². The quantitative estimate of drug-likeness (QED) is 0.900. The Labute approximate surface area is 116 Å². The van der Waals surface area contributed by atoms with Crippen molar-refractivity contribution in [2.75, 3.05) is 26.2 Å². The number of benzene rings is 1. The Morgan fingerprint density at radius 2 is 2.00 bits per heavy atom. The average Bonchev–Trinajstić information content (AvgIpc) is 2.61. The number of hydrogen-bond acceptors (Lipinski definition) is 2. The molecule has 1 saturated heterocycles. The van der Waals surface area contributed by atoms with Crippen LogP contribution in [0.25, 0.3) is 0 Å². The molecule has 104 valence electrons. The predicted molar refractivity (Wildman–Crippen MR) is 78.3 cm³/mol. The van der Waals surface area contributed by atoms with Crippen LogP contribution in [-0.2, 0) is 11.2 Å². The van der Waals surface area contributed by atoms with Gasteiger partial charge in [0.2, 0.25) is 5.91 Å². The van der Waals surface area contributed by atoms with Crippen molar-refractivity contribution in [2.45, 2.75) is 32.6 Å². The molecule has 1 fully saturated rings. The van der Waals surface area contributed by atoms with Gasteiger partial charge in [-0.25, -0.2) is 0 Å². The minimum absolute atomic E-state index is 0.233. The van der Waals surface area contributed by atoms with Crippen molar-refractivity contribution < 1.29 is 4.79 Å². The zero-order chi connectivity index (χ0) is 13.7. The van der Waals surface area contributed by atoms with Crippen LogP contribution in [-0.4, -0.2) is 37.0 Å². The number of carbonyl (C=O) groups is 1. The van der Waals surface area contributed by atoms with E-state index in [9.17, 15) is 4.79 Å². The van der Waals surface area contributed by atoms with Gasteiger partial charge in [0, 0.05) is 13.1 Å². The van der Waals surface area contributed by atoms with Gasteiger partial charge in [-0.3, -0.25) is 4.79 Å². The van der Waals surface area contributed by atoms with Crippen LogP contribution >= 0.6 is 0 Å². The molecule has 0 bridgehead atoms. The molecule has 3 nitrogen and oxygen atoms in total. The van der Waals surface area contributed by atoms with E-state index in [4.69, 9.17) is 0 Å². The summed E-state index contributed by atoms with van der Waals surface area (Å²) in [7, 11) is 0. The standard InChI is InChI=1S/C16H24N2O/c1-13(2)15-6-4-14(5-7-15)8-11-18-10-3-9-17-12-16(18)19/h4-7,13,17H,3,8-12H2,1-2H3. The van der Waals surface area contributed by atoms with E-state index in [-0.39, 0.29) is 5.91 Å². The molecule has 0 spiro atoms. The maximum absolute atomic E-state index is 11.8. The molecule has 1 aromatic carbocycles. The fourth-order valence-electron chi connectivity index (χ4n) is 2.40. The van der Waals surface area contributed by atoms with Gasteiger partial charge in [-0.1, -0.05) is 38.1 Å². The summed E-state index contributed by atoms with van der Waals surface area (Å²) in [5.41, 5.74) is 2.69. The molecule has 1 aliphatic rings. The number of nitrogens with zero attached hydrogens (tertiary/aromatic N) is 1. The monoisotopic (exact) mass is 260 g/mol. The molecular formula is C16H24N2O. The summed E-state index contributed by atoms with van der Waals surface area (Å²) in [4.78, 5) is 13.8. The number of carbonyl (C=O) groups excluding carboxylic acids is 1. The molecule has 1 heterocycles. The second-order valence-electron chi connectivity index (χ2n) is 5.56. The van der Waals surface area contributed by atoms with Crippen molar-refractivity contribution >= 4 is 5.91 Å². The summed E-state index contributed by atoms with van der Waals surface area (Å²) < 4.78 is 0. The first-order chi connectivity index (χ1) is 9.16. The molecule has 1 amide bonds. The lowest BCUT2D eigenvalue weighted by atomic mass is 10.0. The zero-order valence-corrected chi connectivity index (χ0v) is 12.0. The molecule has 3 heteroatoms. The molecule has 2 rings (SSSR count). The van der Waals surface area contributed by atoms with E-state index in [0.717, 1.165) is 32.5 Å². The van der Waals surface area contributed by atoms with Crippen molar-refractivity contribution in [1.29, 1.82) is 0 Å². The third kappa shape index (κ3) is 4.06. The number of amides is 1. The van der Waals surface area contributed by atoms with Crippen LogP contribution in [0, 0.1) is 0 Å². The van der Waals surface area contributed by atoms with E-state index >= 15 is 0 Å². The Bertz CT molecular complexity index is 411. The van der Waals surface area contributed by atoms with E-state index in [2.05, 4.69) is 43.4 Å². The van der Waals surface area contributed by atoms with Gasteiger partial charge in [-0.05, 0) is 36.4 Å². The third-order valence-electron chi connectivity index (χ3n) is 3.73. The molecule has 0 atom stereocenters. The number of hydrogen-bond donors (Lipinski definition) is 1. The second-order valence-corrected chi connectivity index (χ2v) is 5.56. The zero-order valence-electron chi connectivity index (χ0n) is 12.0. The highest BCUT2D eigenvalue weighted by Gasteiger charge is 2.15. The molecular weight excluding hydrogens is 236 g/mol. The lowest BCUT2D eigenvalue weighted by Crippen LogP contribution is -2.36. The summed E-state index contributed by atoms with van der Waals surface area (Å²) in [5, 5.41) is 3.15. The Morgan fingerprint density at radius 3 is 2.68 bits per heavy atom. The van der Waals surface area contributed by atoms with E-state index in [1.165, 1.54) is 11.1 Å². The smallest absolute Gasteiger partial charge is 0.236 e. The molecule has 0 aliphatic carbocycles. The summed E-state index contributed by atoms with van der Waals surface area (Å²) in [6.45, 7) is 7.57. The first kappa shape index (κ1) is 14.1. The fraction of sp³-hybridized carbons (Fsp3) is 0.562. The highest BCUT2D eigenvalue weighted by atomic mass is 16.2. The summed E-state index contributed by atoms with van der Waals surface area (Å²) in [6.07, 6.45) is 2.00. The molecule has 0 unspecified atom stereocenters. The van der Waals surface area contributed by atoms with Crippen LogP contribution in [0.1, 0.15) is 37.3 Å². The van der Waals surface area contributed by atoms with Gasteiger partial charge < -0.3 is 10.2 Å². The predicted octanol–water partition coefficient (Wildman–Crippen LogP) is 2.17. The van der Waals surface area contributed by atoms with Gasteiger partial charge in [-0.15, -0.1) is 0 Å². The van der Waals surface area contributed by atoms with E-state index in [0.29, 0.717) is 12.5 Å². The van der Waals surface area contributed by atoms with Crippen LogP contribution in [0.2, 0.25) is 0 Å². The van der Waals surface area contributed by atoms with Gasteiger partial charge >= 0.3 is 0 Å². The number of nitrogens with one attached hydrogen (secondary N) is 1. The molecule has 1 aliphatic heterocycles. The van der Waals surface area contributed by atoms with Crippen LogP contribution in [0.4, 0.5) is 0 Å². The molecule has 0 radical (unpaired) electrons. The van der Waals surface area contributed by atoms with Crippen LogP contribution in [0.3, 0.4) is 0 Å². The van der Waals surface area contributed by atoms with E-state index < -0.39 is 0 Å². The molecule has 0 saturated carbocycles. The molecule has 1 N–H and O–H groups in total. The number of rotatable bonds is 4. The first-order valence-corrected chi connectivity index (χ1v) is 7.24. The van der Waals surface area contributed by atoms with E-state index in [1.807, 2.05) is 4.90 Å². The van der Waals surface area contributed by atoms with E-state index in [1.54, 1.807) is 0 Å². The van der Waals surface area contributed by atoms with Crippen LogP contribution in [0.5, 0.6) is 0 Å². The van der Waals surface area contributed by atoms with Crippen molar-refractivity contribution in [1.82, 2.24) is 10.2 Å². The third-order valence-corrected chi connectivity index (χ3v) is 3.73. The first-order valence-electron chi connectivity index (χ1n) is 7.24. The lowest BCUT2D eigenvalue weighted by molar-refractivity contribution is -0.129. The average molecular weight is 260 g/mol. The van der Waals surface area contributed by atoms with Crippen molar-refractivity contribution in [3.8, 4) is 0 Å². The van der Waals surface area contributed by atoms with Crippen LogP contribution < -0.4 is 5.32 Å². The topological polar surface area (TPSA) is 32.3 Å². The molecule has 19 heavy (non-hydrogen) atoms. The Kier molecular flexibility index (Phi) is 4.97. The van der Waals surface area contributed by atoms with Crippen LogP contribution in [0.15, 0.2) is 24.3 Å². The second kappa shape index (κ2) is 6.71. The summed E-state index contributed by atoms with van der Waals surface area (Å²) in [6, 6.07) is 8.78. The molecule has 1 aromatic rings. The lowest BCUT2D eigenvalue weighted by Gasteiger charge is -2.20. The maximum Gasteiger partial charge on any atom is 0.236 e. The maximum atomic E-state index is 11.8. The molecule has 0 aromatic heterocycles. The SMILES string of the molecule is CC(C)c1ccc(CCN2CCCNCC2=O)cc1. The largest absolute Gasteiger partial charge is 0.341 e. The summed E-state index contributed by atoms with van der Waals surface area (Å²) in [5.74, 6) is 0.809. The highest BCUT2D eigenvalue weighted by molar-refractivity contribution is 5.78. The minimum Gasteiger partial charge on any atom is -0.341 e. The van der Waals surface area contributed by atoms with Gasteiger partial charge in [0.05, 0.1) is 6.54 Å². The highest BCUT2D eigenvalue weighted by Crippen LogP contribution is 2.15. The minimum atomic E-state index is 0.233. The van der Waals surface area contributed by atoms with Gasteiger partial charge in [0.1, 0.15) is 0 Å². The Balaban J connectivity index is 1.88. The Hall–Kier alpha value is -1.35. The van der Waals surface area contributed by atoms with Gasteiger partial charge in [-0.2, -0.15) is 0 Å². The fourth-order valence-corrected chi connectivity index (χ4v) is 2.40. The van der Waals surface area contributed by atoms with Crippen molar-refractivity contribution in [3.63, 3.8) is 0 Å². The van der Waals surface area contributed by atoms with Crippen molar-refractivity contribution in [3.05, 3.63) is 35.4 Å².